The Morgan fingerprint density at radius 2 is 1.30 bits per heavy atom. The maximum atomic E-state index is 6.67. The summed E-state index contributed by atoms with van der Waals surface area (Å²) in [7, 11) is 0. The molecular formula is C43H28N2O2. The van der Waals surface area contributed by atoms with Gasteiger partial charge in [0.2, 0.25) is 0 Å². The van der Waals surface area contributed by atoms with Crippen molar-refractivity contribution in [1.82, 2.24) is 9.55 Å². The fourth-order valence-electron chi connectivity index (χ4n) is 7.32. The van der Waals surface area contributed by atoms with Crippen LogP contribution in [0.25, 0.3) is 72.3 Å². The average Bonchev–Trinajstić information content (AvgIpc) is 3.83. The van der Waals surface area contributed by atoms with E-state index in [2.05, 4.69) is 138 Å². The van der Waals surface area contributed by atoms with Crippen LogP contribution in [0.1, 0.15) is 11.5 Å². The molecule has 0 radical (unpaired) electrons. The fourth-order valence-corrected chi connectivity index (χ4v) is 7.32. The molecule has 2 aliphatic rings. The molecule has 6 aromatic carbocycles. The normalized spacial score (nSPS) is 16.5. The van der Waals surface area contributed by atoms with E-state index in [4.69, 9.17) is 14.1 Å². The summed E-state index contributed by atoms with van der Waals surface area (Å²) < 4.78 is 15.4. The van der Waals surface area contributed by atoms with Crippen LogP contribution in [0.2, 0.25) is 0 Å². The number of ether oxygens (including phenoxy) is 1. The second kappa shape index (κ2) is 10.2. The lowest BCUT2D eigenvalue weighted by Gasteiger charge is -2.14. The number of nitrogens with zero attached hydrogens (tertiary/aromatic N) is 2. The first-order chi connectivity index (χ1) is 23.3. The van der Waals surface area contributed by atoms with E-state index in [1.165, 1.54) is 11.1 Å². The van der Waals surface area contributed by atoms with E-state index in [1.807, 2.05) is 24.3 Å². The predicted molar refractivity (Wildman–Crippen MR) is 190 cm³/mol. The molecule has 4 heteroatoms. The van der Waals surface area contributed by atoms with Crippen LogP contribution >= 0.6 is 0 Å². The molecule has 3 heterocycles. The summed E-state index contributed by atoms with van der Waals surface area (Å²) in [5, 5.41) is 2.24. The Labute approximate surface area is 271 Å². The van der Waals surface area contributed by atoms with E-state index in [1.54, 1.807) is 0 Å². The summed E-state index contributed by atoms with van der Waals surface area (Å²) in [4.78, 5) is 5.11. The Kier molecular flexibility index (Phi) is 5.67. The molecule has 0 N–H and O–H groups in total. The van der Waals surface area contributed by atoms with Crippen molar-refractivity contribution >= 4 is 33.0 Å². The zero-order valence-electron chi connectivity index (χ0n) is 25.4. The van der Waals surface area contributed by atoms with E-state index in [9.17, 15) is 0 Å². The highest BCUT2D eigenvalue weighted by atomic mass is 16.5. The van der Waals surface area contributed by atoms with Crippen LogP contribution in [-0.2, 0) is 0 Å². The van der Waals surface area contributed by atoms with Gasteiger partial charge in [0.25, 0.3) is 0 Å². The SMILES string of the molecule is C1=CC2Oc3c(-c4ccc(-n5c(-c6ccc(-c7ccccc7)cc6)nc6ccccc65)cc4)cc4c(oc5ccccc54)c3C2C=C1. The largest absolute Gasteiger partial charge is 0.484 e. The highest BCUT2D eigenvalue weighted by Gasteiger charge is 2.37. The number of para-hydroxylation sites is 3. The lowest BCUT2D eigenvalue weighted by Crippen LogP contribution is -2.15. The Bertz CT molecular complexity index is 2530. The van der Waals surface area contributed by atoms with Gasteiger partial charge in [-0.05, 0) is 59.2 Å². The molecule has 0 fully saturated rings. The molecule has 2 atom stereocenters. The molecule has 1 aliphatic heterocycles. The smallest absolute Gasteiger partial charge is 0.145 e. The Hall–Kier alpha value is -6.13. The minimum absolute atomic E-state index is 0.0417. The lowest BCUT2D eigenvalue weighted by molar-refractivity contribution is 0.270. The third kappa shape index (κ3) is 4.05. The highest BCUT2D eigenvalue weighted by Crippen LogP contribution is 2.52. The van der Waals surface area contributed by atoms with Crippen LogP contribution in [0.4, 0.5) is 0 Å². The molecule has 222 valence electrons. The quantitative estimate of drug-likeness (QED) is 0.201. The van der Waals surface area contributed by atoms with Gasteiger partial charge in [-0.15, -0.1) is 0 Å². The van der Waals surface area contributed by atoms with E-state index in [0.29, 0.717) is 0 Å². The lowest BCUT2D eigenvalue weighted by atomic mass is 9.88. The van der Waals surface area contributed by atoms with Gasteiger partial charge in [0.1, 0.15) is 28.8 Å². The molecule has 0 saturated heterocycles. The molecular weight excluding hydrogens is 576 g/mol. The van der Waals surface area contributed by atoms with Crippen molar-refractivity contribution in [3.05, 3.63) is 163 Å². The van der Waals surface area contributed by atoms with Gasteiger partial charge in [-0.25, -0.2) is 4.98 Å². The van der Waals surface area contributed by atoms with E-state index >= 15 is 0 Å². The maximum absolute atomic E-state index is 6.67. The first-order valence-corrected chi connectivity index (χ1v) is 16.0. The maximum Gasteiger partial charge on any atom is 0.145 e. The molecule has 8 aromatic rings. The Morgan fingerprint density at radius 3 is 2.17 bits per heavy atom. The molecule has 2 aromatic heterocycles. The first kappa shape index (κ1) is 26.1. The van der Waals surface area contributed by atoms with Crippen molar-refractivity contribution in [2.24, 2.45) is 0 Å². The fraction of sp³-hybridized carbons (Fsp3) is 0.0465. The van der Waals surface area contributed by atoms with Gasteiger partial charge >= 0.3 is 0 Å². The van der Waals surface area contributed by atoms with E-state index in [-0.39, 0.29) is 12.0 Å². The molecule has 0 saturated carbocycles. The van der Waals surface area contributed by atoms with Crippen molar-refractivity contribution in [1.29, 1.82) is 0 Å². The number of furan rings is 1. The summed E-state index contributed by atoms with van der Waals surface area (Å²) >= 11 is 0. The minimum atomic E-state index is -0.0417. The van der Waals surface area contributed by atoms with Crippen molar-refractivity contribution in [2.75, 3.05) is 0 Å². The summed E-state index contributed by atoms with van der Waals surface area (Å²) in [6.45, 7) is 0. The van der Waals surface area contributed by atoms with Crippen molar-refractivity contribution in [3.8, 4) is 45.1 Å². The molecule has 0 amide bonds. The second-order valence-electron chi connectivity index (χ2n) is 12.3. The van der Waals surface area contributed by atoms with Crippen LogP contribution in [-0.4, -0.2) is 15.7 Å². The van der Waals surface area contributed by atoms with Crippen LogP contribution in [0, 0.1) is 0 Å². The molecule has 0 bridgehead atoms. The predicted octanol–water partition coefficient (Wildman–Crippen LogP) is 10.9. The van der Waals surface area contributed by atoms with Gasteiger partial charge in [0.15, 0.2) is 0 Å². The van der Waals surface area contributed by atoms with Gasteiger partial charge in [0, 0.05) is 33.2 Å². The number of hydrogen-bond acceptors (Lipinski definition) is 3. The Balaban J connectivity index is 1.11. The molecule has 2 unspecified atom stereocenters. The second-order valence-corrected chi connectivity index (χ2v) is 12.3. The third-order valence-electron chi connectivity index (χ3n) is 9.58. The zero-order valence-corrected chi connectivity index (χ0v) is 25.4. The number of imidazole rings is 1. The molecule has 0 spiro atoms. The number of rotatable bonds is 4. The minimum Gasteiger partial charge on any atom is -0.484 e. The van der Waals surface area contributed by atoms with Crippen LogP contribution in [0.15, 0.2) is 162 Å². The highest BCUT2D eigenvalue weighted by molar-refractivity contribution is 6.09. The van der Waals surface area contributed by atoms with Crippen molar-refractivity contribution in [2.45, 2.75) is 12.0 Å². The molecule has 47 heavy (non-hydrogen) atoms. The summed E-state index contributed by atoms with van der Waals surface area (Å²) in [6.07, 6.45) is 8.51. The van der Waals surface area contributed by atoms with E-state index < -0.39 is 0 Å². The number of allylic oxidation sites excluding steroid dienone is 2. The number of benzene rings is 6. The van der Waals surface area contributed by atoms with Gasteiger partial charge in [0.05, 0.1) is 17.0 Å². The molecule has 4 nitrogen and oxygen atoms in total. The zero-order chi connectivity index (χ0) is 30.9. The monoisotopic (exact) mass is 604 g/mol. The van der Waals surface area contributed by atoms with Crippen molar-refractivity contribution < 1.29 is 9.15 Å². The number of aromatic nitrogens is 2. The summed E-state index contributed by atoms with van der Waals surface area (Å²) in [6, 6.07) is 46.8. The van der Waals surface area contributed by atoms with Gasteiger partial charge in [-0.1, -0.05) is 115 Å². The summed E-state index contributed by atoms with van der Waals surface area (Å²) in [5.74, 6) is 1.94. The summed E-state index contributed by atoms with van der Waals surface area (Å²) in [5.41, 5.74) is 11.7. The van der Waals surface area contributed by atoms with Gasteiger partial charge in [-0.3, -0.25) is 4.57 Å². The topological polar surface area (TPSA) is 40.2 Å². The van der Waals surface area contributed by atoms with Gasteiger partial charge < -0.3 is 9.15 Å². The van der Waals surface area contributed by atoms with E-state index in [0.717, 1.165) is 72.5 Å². The molecule has 10 rings (SSSR count). The third-order valence-corrected chi connectivity index (χ3v) is 9.58. The average molecular weight is 605 g/mol. The number of fused-ring (bicyclic) bond motifs is 8. The standard InChI is InChI=1S/C43H28N2O2/c1-2-10-27(11-3-1)28-18-20-30(21-19-28)43-44-36-14-6-7-15-37(36)45(43)31-24-22-29(23-25-31)34-26-35-32-12-4-8-16-38(32)46-42(35)40-33-13-5-9-17-39(33)47-41(34)40/h1-26,33,39H. The van der Waals surface area contributed by atoms with Crippen molar-refractivity contribution in [3.63, 3.8) is 0 Å². The van der Waals surface area contributed by atoms with Crippen LogP contribution < -0.4 is 4.74 Å². The number of hydrogen-bond donors (Lipinski definition) is 0. The van der Waals surface area contributed by atoms with Gasteiger partial charge in [-0.2, -0.15) is 0 Å². The Morgan fingerprint density at radius 1 is 0.596 bits per heavy atom. The first-order valence-electron chi connectivity index (χ1n) is 16.0. The molecule has 1 aliphatic carbocycles. The van der Waals surface area contributed by atoms with Crippen LogP contribution in [0.5, 0.6) is 5.75 Å². The van der Waals surface area contributed by atoms with Crippen LogP contribution in [0.3, 0.4) is 0 Å².